The number of benzene rings is 1. The highest BCUT2D eigenvalue weighted by Crippen LogP contribution is 2.23. The van der Waals surface area contributed by atoms with Crippen molar-refractivity contribution < 1.29 is 0 Å². The predicted molar refractivity (Wildman–Crippen MR) is 87.2 cm³/mol. The van der Waals surface area contributed by atoms with Crippen molar-refractivity contribution in [3.63, 3.8) is 0 Å². The molecule has 1 aromatic heterocycles. The molecule has 0 spiro atoms. The molecule has 0 saturated heterocycles. The molecule has 4 N–H and O–H groups in total. The Hall–Kier alpha value is -0.0900. The second-order valence-electron chi connectivity index (χ2n) is 2.69. The Morgan fingerprint density at radius 3 is 2.07 bits per heavy atom. The number of nitrogens with zero attached hydrogens (tertiary/aromatic N) is 1. The molecule has 82 valence electrons. The van der Waals surface area contributed by atoms with Crippen LogP contribution in [0.25, 0.3) is 11.3 Å². The van der Waals surface area contributed by atoms with Crippen LogP contribution < -0.4 is 11.5 Å². The molecule has 0 fully saturated rings. The topological polar surface area (TPSA) is 64.9 Å². The molecule has 0 atom stereocenters. The van der Waals surface area contributed by atoms with E-state index in [0.717, 1.165) is 16.9 Å². The van der Waals surface area contributed by atoms with E-state index in [1.54, 1.807) is 0 Å². The fraction of sp³-hybridized carbons (Fsp3) is 0. The number of halogens is 2. The summed E-state index contributed by atoms with van der Waals surface area (Å²) in [5.74, 6) is 0. The van der Waals surface area contributed by atoms with Crippen LogP contribution >= 0.6 is 59.3 Å². The summed E-state index contributed by atoms with van der Waals surface area (Å²) >= 11 is 1.44. The molecule has 0 aliphatic heterocycles. The van der Waals surface area contributed by atoms with E-state index in [2.05, 4.69) is 4.98 Å². The first-order valence-corrected chi connectivity index (χ1v) is 4.70. The lowest BCUT2D eigenvalue weighted by atomic mass is 10.2. The highest BCUT2D eigenvalue weighted by atomic mass is 127. The van der Waals surface area contributed by atoms with Crippen molar-refractivity contribution in [1.82, 2.24) is 4.98 Å². The Kier molecular flexibility index (Phi) is 6.44. The average molecular weight is 447 g/mol. The molecule has 2 aromatic rings. The fourth-order valence-corrected chi connectivity index (χ4v) is 1.65. The SMILES string of the molecule is I.I.Nc1ccc(-c2csc(N)n2)cc1. The summed E-state index contributed by atoms with van der Waals surface area (Å²) in [7, 11) is 0. The number of hydrogen-bond acceptors (Lipinski definition) is 4. The molecule has 6 heteroatoms. The molecule has 15 heavy (non-hydrogen) atoms. The lowest BCUT2D eigenvalue weighted by molar-refractivity contribution is 1.41. The molecule has 1 aromatic carbocycles. The van der Waals surface area contributed by atoms with Crippen LogP contribution in [0.15, 0.2) is 29.6 Å². The largest absolute Gasteiger partial charge is 0.399 e. The van der Waals surface area contributed by atoms with E-state index in [-0.39, 0.29) is 48.0 Å². The molecule has 0 unspecified atom stereocenters. The van der Waals surface area contributed by atoms with Gasteiger partial charge in [-0.3, -0.25) is 0 Å². The van der Waals surface area contributed by atoms with Crippen molar-refractivity contribution in [2.45, 2.75) is 0 Å². The Labute approximate surface area is 126 Å². The predicted octanol–water partition coefficient (Wildman–Crippen LogP) is 3.21. The molecule has 0 aliphatic carbocycles. The van der Waals surface area contributed by atoms with Crippen LogP contribution in [0, 0.1) is 0 Å². The van der Waals surface area contributed by atoms with Crippen LogP contribution in [-0.4, -0.2) is 4.98 Å². The van der Waals surface area contributed by atoms with Crippen molar-refractivity contribution in [3.8, 4) is 11.3 Å². The number of nitrogen functional groups attached to an aromatic ring is 2. The highest BCUT2D eigenvalue weighted by Gasteiger charge is 2.00. The van der Waals surface area contributed by atoms with Gasteiger partial charge in [0.2, 0.25) is 0 Å². The van der Waals surface area contributed by atoms with Gasteiger partial charge in [-0.2, -0.15) is 0 Å². The molecule has 0 radical (unpaired) electrons. The van der Waals surface area contributed by atoms with Crippen LogP contribution in [0.5, 0.6) is 0 Å². The first kappa shape index (κ1) is 14.9. The lowest BCUT2D eigenvalue weighted by Crippen LogP contribution is -1.85. The highest BCUT2D eigenvalue weighted by molar-refractivity contribution is 14.0. The molecular formula is C9H11I2N3S. The Balaban J connectivity index is 0.000000980. The zero-order valence-corrected chi connectivity index (χ0v) is 13.2. The third-order valence-electron chi connectivity index (χ3n) is 1.73. The number of rotatable bonds is 1. The molecule has 0 bridgehead atoms. The average Bonchev–Trinajstić information content (AvgIpc) is 2.53. The second kappa shape index (κ2) is 6.48. The first-order chi connectivity index (χ1) is 6.25. The summed E-state index contributed by atoms with van der Waals surface area (Å²) in [6, 6.07) is 7.57. The van der Waals surface area contributed by atoms with Gasteiger partial charge in [-0.05, 0) is 12.1 Å². The van der Waals surface area contributed by atoms with Gasteiger partial charge in [-0.25, -0.2) is 4.98 Å². The van der Waals surface area contributed by atoms with Gasteiger partial charge in [0.05, 0.1) is 5.69 Å². The van der Waals surface area contributed by atoms with Gasteiger partial charge >= 0.3 is 0 Å². The van der Waals surface area contributed by atoms with Crippen molar-refractivity contribution >= 4 is 70.1 Å². The summed E-state index contributed by atoms with van der Waals surface area (Å²) in [5, 5.41) is 2.52. The maximum atomic E-state index is 5.57. The third kappa shape index (κ3) is 3.76. The van der Waals surface area contributed by atoms with E-state index in [1.165, 1.54) is 11.3 Å². The van der Waals surface area contributed by atoms with E-state index in [0.29, 0.717) is 5.13 Å². The van der Waals surface area contributed by atoms with Crippen LogP contribution in [0.2, 0.25) is 0 Å². The monoisotopic (exact) mass is 447 g/mol. The minimum Gasteiger partial charge on any atom is -0.399 e. The van der Waals surface area contributed by atoms with Crippen molar-refractivity contribution in [1.29, 1.82) is 0 Å². The quantitative estimate of drug-likeness (QED) is 0.522. The van der Waals surface area contributed by atoms with Crippen LogP contribution in [0.4, 0.5) is 10.8 Å². The number of thiazole rings is 1. The minimum atomic E-state index is 0. The standard InChI is InChI=1S/C9H9N3S.2HI/c10-7-3-1-6(2-4-7)8-5-13-9(11)12-8;;/h1-5H,10H2,(H2,11,12);2*1H. The fourth-order valence-electron chi connectivity index (χ4n) is 1.07. The summed E-state index contributed by atoms with van der Waals surface area (Å²) < 4.78 is 0. The van der Waals surface area contributed by atoms with Crippen LogP contribution in [-0.2, 0) is 0 Å². The van der Waals surface area contributed by atoms with Gasteiger partial charge in [0.25, 0.3) is 0 Å². The molecule has 0 amide bonds. The van der Waals surface area contributed by atoms with Gasteiger partial charge in [-0.1, -0.05) is 12.1 Å². The zero-order valence-electron chi connectivity index (χ0n) is 7.71. The van der Waals surface area contributed by atoms with Crippen molar-refractivity contribution in [2.75, 3.05) is 11.5 Å². The molecule has 2 rings (SSSR count). The summed E-state index contributed by atoms with van der Waals surface area (Å²) in [6.07, 6.45) is 0. The maximum absolute atomic E-state index is 5.57. The normalized spacial score (nSPS) is 8.80. The van der Waals surface area contributed by atoms with Crippen LogP contribution in [0.1, 0.15) is 0 Å². The van der Waals surface area contributed by atoms with Gasteiger partial charge < -0.3 is 11.5 Å². The van der Waals surface area contributed by atoms with Gasteiger partial charge in [0.15, 0.2) is 5.13 Å². The smallest absolute Gasteiger partial charge is 0.180 e. The molecule has 3 nitrogen and oxygen atoms in total. The minimum absolute atomic E-state index is 0. The van der Waals surface area contributed by atoms with E-state index in [4.69, 9.17) is 11.5 Å². The van der Waals surface area contributed by atoms with Crippen LogP contribution in [0.3, 0.4) is 0 Å². The summed E-state index contributed by atoms with van der Waals surface area (Å²) in [6.45, 7) is 0. The van der Waals surface area contributed by atoms with Gasteiger partial charge in [-0.15, -0.1) is 59.3 Å². The zero-order chi connectivity index (χ0) is 9.26. The van der Waals surface area contributed by atoms with E-state index >= 15 is 0 Å². The molecule has 1 heterocycles. The number of hydrogen-bond donors (Lipinski definition) is 2. The van der Waals surface area contributed by atoms with E-state index in [9.17, 15) is 0 Å². The Morgan fingerprint density at radius 1 is 1.00 bits per heavy atom. The lowest BCUT2D eigenvalue weighted by Gasteiger charge is -1.96. The second-order valence-corrected chi connectivity index (χ2v) is 3.58. The summed E-state index contributed by atoms with van der Waals surface area (Å²) in [4.78, 5) is 4.17. The van der Waals surface area contributed by atoms with E-state index in [1.807, 2.05) is 29.6 Å². The molecule has 0 saturated carbocycles. The van der Waals surface area contributed by atoms with Gasteiger partial charge in [0, 0.05) is 16.6 Å². The van der Waals surface area contributed by atoms with Gasteiger partial charge in [0.1, 0.15) is 0 Å². The third-order valence-corrected chi connectivity index (χ3v) is 2.40. The van der Waals surface area contributed by atoms with E-state index < -0.39 is 0 Å². The number of aromatic nitrogens is 1. The number of nitrogens with two attached hydrogens (primary N) is 2. The Morgan fingerprint density at radius 2 is 1.60 bits per heavy atom. The maximum Gasteiger partial charge on any atom is 0.180 e. The Bertz CT molecular complexity index is 414. The van der Waals surface area contributed by atoms with Crippen molar-refractivity contribution in [2.24, 2.45) is 0 Å². The van der Waals surface area contributed by atoms with Crippen molar-refractivity contribution in [3.05, 3.63) is 29.6 Å². The number of anilines is 2. The summed E-state index contributed by atoms with van der Waals surface area (Å²) in [5.41, 5.74) is 13.8. The molecular weight excluding hydrogens is 436 g/mol. The molecule has 0 aliphatic rings. The first-order valence-electron chi connectivity index (χ1n) is 3.82.